The van der Waals surface area contributed by atoms with Crippen LogP contribution in [0.3, 0.4) is 0 Å². The number of aliphatic hydroxyl groups excluding tert-OH is 1. The maximum atomic E-state index is 13.2. The summed E-state index contributed by atoms with van der Waals surface area (Å²) in [6.45, 7) is 0.823. The number of oxazole rings is 1. The average molecular weight is 422 g/mol. The van der Waals surface area contributed by atoms with E-state index < -0.39 is 18.6 Å². The van der Waals surface area contributed by atoms with Gasteiger partial charge in [0.2, 0.25) is 0 Å². The Hall–Kier alpha value is -2.79. The van der Waals surface area contributed by atoms with Crippen molar-refractivity contribution in [3.63, 3.8) is 0 Å². The van der Waals surface area contributed by atoms with E-state index in [0.29, 0.717) is 23.7 Å². The predicted octanol–water partition coefficient (Wildman–Crippen LogP) is 3.19. The summed E-state index contributed by atoms with van der Waals surface area (Å²) in [6, 6.07) is 2.95. The number of halogens is 2. The van der Waals surface area contributed by atoms with Gasteiger partial charge in [-0.1, -0.05) is 6.07 Å². The molecule has 3 saturated heterocycles. The maximum Gasteiger partial charge on any atom is 0.407 e. The molecule has 3 unspecified atom stereocenters. The minimum atomic E-state index is -2.96. The molecule has 2 N–H and O–H groups in total. The van der Waals surface area contributed by atoms with Gasteiger partial charge in [0, 0.05) is 30.2 Å². The number of amides is 1. The van der Waals surface area contributed by atoms with Crippen LogP contribution >= 0.6 is 11.3 Å². The highest BCUT2D eigenvalue weighted by Gasteiger charge is 2.48. The van der Waals surface area contributed by atoms with Gasteiger partial charge in [-0.3, -0.25) is 4.90 Å². The molecule has 0 aliphatic carbocycles. The molecule has 5 heterocycles. The van der Waals surface area contributed by atoms with Gasteiger partial charge in [-0.25, -0.2) is 18.6 Å². The summed E-state index contributed by atoms with van der Waals surface area (Å²) in [5, 5.41) is 21.7. The molecule has 1 aromatic carbocycles. The smallest absolute Gasteiger partial charge is 0.407 e. The SMILES string of the molecule is O=C(O)N1C2CC1CN(c1nc3c(C(O)C(F)F)ccc(-c4nccs4)c3o1)C2. The van der Waals surface area contributed by atoms with Gasteiger partial charge < -0.3 is 19.5 Å². The summed E-state index contributed by atoms with van der Waals surface area (Å²) >= 11 is 1.37. The second-order valence-corrected chi connectivity index (χ2v) is 8.03. The van der Waals surface area contributed by atoms with Gasteiger partial charge in [-0.2, -0.15) is 4.98 Å². The number of benzene rings is 1. The first-order chi connectivity index (χ1) is 13.9. The summed E-state index contributed by atoms with van der Waals surface area (Å²) in [7, 11) is 0. The van der Waals surface area contributed by atoms with Crippen LogP contribution in [0.1, 0.15) is 18.1 Å². The molecular weight excluding hydrogens is 406 g/mol. The zero-order chi connectivity index (χ0) is 20.3. The summed E-state index contributed by atoms with van der Waals surface area (Å²) in [5.74, 6) is 0. The third kappa shape index (κ3) is 2.84. The first-order valence-electron chi connectivity index (χ1n) is 8.99. The van der Waals surface area contributed by atoms with Crippen LogP contribution in [0, 0.1) is 0 Å². The number of alkyl halides is 2. The van der Waals surface area contributed by atoms with Crippen molar-refractivity contribution in [1.82, 2.24) is 14.9 Å². The van der Waals surface area contributed by atoms with E-state index in [1.54, 1.807) is 17.6 Å². The van der Waals surface area contributed by atoms with Crippen LogP contribution in [0.15, 0.2) is 28.1 Å². The van der Waals surface area contributed by atoms with Crippen molar-refractivity contribution >= 4 is 34.5 Å². The van der Waals surface area contributed by atoms with Crippen molar-refractivity contribution in [1.29, 1.82) is 0 Å². The number of anilines is 1. The fourth-order valence-electron chi connectivity index (χ4n) is 4.13. The highest BCUT2D eigenvalue weighted by Crippen LogP contribution is 2.40. The number of aromatic nitrogens is 2. The molecule has 3 aliphatic rings. The van der Waals surface area contributed by atoms with Crippen LogP contribution in [0.25, 0.3) is 21.7 Å². The number of aliphatic hydroxyl groups is 1. The Labute approximate surface area is 167 Å². The highest BCUT2D eigenvalue weighted by molar-refractivity contribution is 7.13. The second-order valence-electron chi connectivity index (χ2n) is 7.13. The Bertz CT molecular complexity index is 1060. The summed E-state index contributed by atoms with van der Waals surface area (Å²) in [6.07, 6.45) is -3.49. The van der Waals surface area contributed by atoms with Crippen LogP contribution in [0.4, 0.5) is 19.6 Å². The number of rotatable bonds is 4. The van der Waals surface area contributed by atoms with E-state index in [0.717, 1.165) is 6.42 Å². The standard InChI is InChI=1S/C18H16F2N4O4S/c19-15(20)13(25)10-1-2-11(16-21-3-4-29-16)14-12(10)22-17(28-14)23-6-8-5-9(7-23)24(8)18(26)27/h1-4,8-9,13,15,25H,5-7H2,(H,26,27). The molecule has 1 amide bonds. The second kappa shape index (κ2) is 6.63. The minimum absolute atomic E-state index is 0.0142. The van der Waals surface area contributed by atoms with Gasteiger partial charge in [0.15, 0.2) is 5.58 Å². The van der Waals surface area contributed by atoms with Crippen molar-refractivity contribution in [2.24, 2.45) is 0 Å². The van der Waals surface area contributed by atoms with Gasteiger partial charge in [-0.05, 0) is 12.5 Å². The number of piperidine rings is 1. The number of nitrogens with zero attached hydrogens (tertiary/aromatic N) is 4. The van der Waals surface area contributed by atoms with Crippen molar-refractivity contribution in [3.8, 4) is 10.6 Å². The highest BCUT2D eigenvalue weighted by atomic mass is 32.1. The first-order valence-corrected chi connectivity index (χ1v) is 9.87. The third-order valence-corrected chi connectivity index (χ3v) is 6.27. The molecule has 2 aromatic heterocycles. The topological polar surface area (TPSA) is 103 Å². The van der Waals surface area contributed by atoms with E-state index in [2.05, 4.69) is 9.97 Å². The number of hydrogen-bond donors (Lipinski definition) is 2. The predicted molar refractivity (Wildman–Crippen MR) is 100 cm³/mol. The Balaban J connectivity index is 1.57. The molecule has 29 heavy (non-hydrogen) atoms. The molecular formula is C18H16F2N4O4S. The molecule has 3 atom stereocenters. The number of piperazine rings is 1. The summed E-state index contributed by atoms with van der Waals surface area (Å²) < 4.78 is 32.3. The van der Waals surface area contributed by atoms with Gasteiger partial charge in [-0.15, -0.1) is 11.3 Å². The van der Waals surface area contributed by atoms with E-state index in [4.69, 9.17) is 4.42 Å². The monoisotopic (exact) mass is 422 g/mol. The van der Waals surface area contributed by atoms with Crippen LogP contribution in [-0.4, -0.2) is 62.8 Å². The fourth-order valence-corrected chi connectivity index (χ4v) is 4.79. The van der Waals surface area contributed by atoms with Crippen LogP contribution in [-0.2, 0) is 0 Å². The normalized spacial score (nSPS) is 22.2. The lowest BCUT2D eigenvalue weighted by molar-refractivity contribution is -0.00503. The molecule has 2 bridgehead atoms. The number of hydrogen-bond acceptors (Lipinski definition) is 7. The van der Waals surface area contributed by atoms with E-state index in [-0.39, 0.29) is 34.8 Å². The quantitative estimate of drug-likeness (QED) is 0.666. The molecule has 11 heteroatoms. The first kappa shape index (κ1) is 18.3. The molecule has 3 fully saturated rings. The number of thiazole rings is 1. The largest absolute Gasteiger partial charge is 0.465 e. The zero-order valence-electron chi connectivity index (χ0n) is 14.9. The van der Waals surface area contributed by atoms with Gasteiger partial charge in [0.25, 0.3) is 12.4 Å². The molecule has 3 aliphatic heterocycles. The molecule has 8 nitrogen and oxygen atoms in total. The van der Waals surface area contributed by atoms with Gasteiger partial charge >= 0.3 is 6.09 Å². The average Bonchev–Trinajstić information content (AvgIpc) is 3.36. The van der Waals surface area contributed by atoms with Crippen LogP contribution in [0.5, 0.6) is 0 Å². The summed E-state index contributed by atoms with van der Waals surface area (Å²) in [4.78, 5) is 23.2. The third-order valence-electron chi connectivity index (χ3n) is 5.47. The molecule has 6 rings (SSSR count). The lowest BCUT2D eigenvalue weighted by atomic mass is 9.88. The van der Waals surface area contributed by atoms with Crippen LogP contribution < -0.4 is 4.90 Å². The summed E-state index contributed by atoms with van der Waals surface area (Å²) in [5.41, 5.74) is 1.03. The number of carbonyl (C=O) groups is 1. The Morgan fingerprint density at radius 2 is 2.07 bits per heavy atom. The van der Waals surface area contributed by atoms with E-state index >= 15 is 0 Å². The van der Waals surface area contributed by atoms with E-state index in [1.807, 2.05) is 4.90 Å². The Morgan fingerprint density at radius 3 is 2.69 bits per heavy atom. The number of fused-ring (bicyclic) bond motifs is 3. The van der Waals surface area contributed by atoms with E-state index in [9.17, 15) is 23.8 Å². The minimum Gasteiger partial charge on any atom is -0.465 e. The molecule has 152 valence electrons. The van der Waals surface area contributed by atoms with Crippen molar-refractivity contribution in [2.75, 3.05) is 18.0 Å². The van der Waals surface area contributed by atoms with Crippen molar-refractivity contribution in [3.05, 3.63) is 29.3 Å². The Kier molecular flexibility index (Phi) is 4.17. The maximum absolute atomic E-state index is 13.2. The van der Waals surface area contributed by atoms with Crippen molar-refractivity contribution in [2.45, 2.75) is 31.0 Å². The van der Waals surface area contributed by atoms with Crippen molar-refractivity contribution < 1.29 is 28.2 Å². The lowest BCUT2D eigenvalue weighted by Gasteiger charge is -2.54. The zero-order valence-corrected chi connectivity index (χ0v) is 15.7. The van der Waals surface area contributed by atoms with Crippen LogP contribution in [0.2, 0.25) is 0 Å². The fraction of sp³-hybridized carbons (Fsp3) is 0.389. The van der Waals surface area contributed by atoms with Gasteiger partial charge in [0.05, 0.1) is 17.6 Å². The van der Waals surface area contributed by atoms with Gasteiger partial charge in [0.1, 0.15) is 16.6 Å². The van der Waals surface area contributed by atoms with E-state index in [1.165, 1.54) is 22.3 Å². The molecule has 0 spiro atoms. The molecule has 3 aromatic rings. The molecule has 0 saturated carbocycles. The molecule has 0 radical (unpaired) electrons. The Morgan fingerprint density at radius 1 is 1.31 bits per heavy atom. The number of carboxylic acid groups (broad SMARTS) is 1. The lowest BCUT2D eigenvalue weighted by Crippen LogP contribution is -2.70.